The van der Waals surface area contributed by atoms with E-state index in [4.69, 9.17) is 4.74 Å². The molecular formula is C19H26N4O2. The fourth-order valence-electron chi connectivity index (χ4n) is 2.50. The predicted octanol–water partition coefficient (Wildman–Crippen LogP) is 3.04. The summed E-state index contributed by atoms with van der Waals surface area (Å²) in [4.78, 5) is 23.2. The van der Waals surface area contributed by atoms with E-state index in [2.05, 4.69) is 34.0 Å². The van der Waals surface area contributed by atoms with Crippen molar-refractivity contribution in [2.75, 3.05) is 25.1 Å². The van der Waals surface area contributed by atoms with Crippen LogP contribution < -0.4 is 15.0 Å². The van der Waals surface area contributed by atoms with E-state index in [1.165, 1.54) is 0 Å². The molecule has 0 spiro atoms. The lowest BCUT2D eigenvalue weighted by Crippen LogP contribution is -2.29. The minimum absolute atomic E-state index is 0.201. The molecule has 1 aromatic carbocycles. The van der Waals surface area contributed by atoms with Crippen LogP contribution in [0.5, 0.6) is 5.75 Å². The molecule has 1 N–H and O–H groups in total. The standard InChI is InChI=1S/C19H26N4O2/c1-4-12-23(13-5-2)19-20-11-10-17(22-19)18(24)21-14-15-6-8-16(25-3)9-7-15/h6-11H,4-5,12-14H2,1-3H3,(H,21,24). The van der Waals surface area contributed by atoms with Crippen LogP contribution >= 0.6 is 0 Å². The molecule has 6 heteroatoms. The van der Waals surface area contributed by atoms with E-state index in [1.807, 2.05) is 24.3 Å². The Morgan fingerprint density at radius 3 is 2.40 bits per heavy atom. The van der Waals surface area contributed by atoms with Crippen LogP contribution in [0, 0.1) is 0 Å². The van der Waals surface area contributed by atoms with Gasteiger partial charge in [0.1, 0.15) is 11.4 Å². The van der Waals surface area contributed by atoms with E-state index in [0.717, 1.165) is 37.2 Å². The molecule has 0 atom stereocenters. The maximum Gasteiger partial charge on any atom is 0.270 e. The first-order valence-corrected chi connectivity index (χ1v) is 8.67. The van der Waals surface area contributed by atoms with Gasteiger partial charge in [0.25, 0.3) is 5.91 Å². The highest BCUT2D eigenvalue weighted by Crippen LogP contribution is 2.12. The summed E-state index contributed by atoms with van der Waals surface area (Å²) in [5.41, 5.74) is 1.39. The smallest absolute Gasteiger partial charge is 0.270 e. The number of methoxy groups -OCH3 is 1. The van der Waals surface area contributed by atoms with E-state index < -0.39 is 0 Å². The van der Waals surface area contributed by atoms with Crippen molar-refractivity contribution in [3.63, 3.8) is 0 Å². The van der Waals surface area contributed by atoms with Crippen molar-refractivity contribution < 1.29 is 9.53 Å². The van der Waals surface area contributed by atoms with E-state index in [-0.39, 0.29) is 5.91 Å². The molecule has 0 bridgehead atoms. The molecule has 1 aromatic heterocycles. The quantitative estimate of drug-likeness (QED) is 0.759. The van der Waals surface area contributed by atoms with Crippen LogP contribution in [0.2, 0.25) is 0 Å². The Balaban J connectivity index is 2.01. The number of ether oxygens (including phenoxy) is 1. The Kier molecular flexibility index (Phi) is 7.19. The van der Waals surface area contributed by atoms with E-state index in [9.17, 15) is 4.79 Å². The first-order valence-electron chi connectivity index (χ1n) is 8.67. The highest BCUT2D eigenvalue weighted by Gasteiger charge is 2.12. The molecule has 0 unspecified atom stereocenters. The first-order chi connectivity index (χ1) is 12.2. The number of hydrogen-bond acceptors (Lipinski definition) is 5. The molecule has 1 amide bonds. The lowest BCUT2D eigenvalue weighted by atomic mass is 10.2. The fourth-order valence-corrected chi connectivity index (χ4v) is 2.50. The summed E-state index contributed by atoms with van der Waals surface area (Å²) in [6.07, 6.45) is 3.66. The number of anilines is 1. The highest BCUT2D eigenvalue weighted by molar-refractivity contribution is 5.92. The van der Waals surface area contributed by atoms with Crippen LogP contribution in [-0.2, 0) is 6.54 Å². The van der Waals surface area contributed by atoms with Gasteiger partial charge in [0, 0.05) is 25.8 Å². The fraction of sp³-hybridized carbons (Fsp3) is 0.421. The molecule has 1 heterocycles. The van der Waals surface area contributed by atoms with Gasteiger partial charge in [0.15, 0.2) is 0 Å². The second-order valence-corrected chi connectivity index (χ2v) is 5.76. The van der Waals surface area contributed by atoms with Gasteiger partial charge in [-0.2, -0.15) is 0 Å². The number of aromatic nitrogens is 2. The number of carbonyl (C=O) groups is 1. The van der Waals surface area contributed by atoms with Crippen molar-refractivity contribution in [2.45, 2.75) is 33.2 Å². The number of carbonyl (C=O) groups excluding carboxylic acids is 1. The summed E-state index contributed by atoms with van der Waals surface area (Å²) in [6.45, 7) is 6.44. The monoisotopic (exact) mass is 342 g/mol. The average molecular weight is 342 g/mol. The van der Waals surface area contributed by atoms with Gasteiger partial charge in [0.05, 0.1) is 7.11 Å². The van der Waals surface area contributed by atoms with Gasteiger partial charge < -0.3 is 15.0 Å². The van der Waals surface area contributed by atoms with E-state index in [0.29, 0.717) is 18.2 Å². The Morgan fingerprint density at radius 1 is 1.12 bits per heavy atom. The summed E-state index contributed by atoms with van der Waals surface area (Å²) in [5, 5.41) is 2.89. The van der Waals surface area contributed by atoms with Crippen LogP contribution in [0.4, 0.5) is 5.95 Å². The van der Waals surface area contributed by atoms with Gasteiger partial charge in [-0.25, -0.2) is 9.97 Å². The summed E-state index contributed by atoms with van der Waals surface area (Å²) < 4.78 is 5.13. The number of amides is 1. The third-order valence-electron chi connectivity index (χ3n) is 3.76. The van der Waals surface area contributed by atoms with Gasteiger partial charge in [-0.1, -0.05) is 26.0 Å². The Morgan fingerprint density at radius 2 is 1.80 bits per heavy atom. The van der Waals surface area contributed by atoms with Crippen LogP contribution in [0.15, 0.2) is 36.5 Å². The van der Waals surface area contributed by atoms with Gasteiger partial charge in [0.2, 0.25) is 5.95 Å². The van der Waals surface area contributed by atoms with Crippen molar-refractivity contribution in [2.24, 2.45) is 0 Å². The lowest BCUT2D eigenvalue weighted by Gasteiger charge is -2.21. The zero-order valence-electron chi connectivity index (χ0n) is 15.2. The van der Waals surface area contributed by atoms with Crippen molar-refractivity contribution in [1.82, 2.24) is 15.3 Å². The van der Waals surface area contributed by atoms with Crippen LogP contribution in [0.3, 0.4) is 0 Å². The molecule has 0 aliphatic heterocycles. The molecular weight excluding hydrogens is 316 g/mol. The van der Waals surface area contributed by atoms with Crippen molar-refractivity contribution >= 4 is 11.9 Å². The molecule has 25 heavy (non-hydrogen) atoms. The van der Waals surface area contributed by atoms with E-state index >= 15 is 0 Å². The largest absolute Gasteiger partial charge is 0.497 e. The van der Waals surface area contributed by atoms with Crippen LogP contribution in [-0.4, -0.2) is 36.1 Å². The van der Waals surface area contributed by atoms with Crippen LogP contribution in [0.25, 0.3) is 0 Å². The summed E-state index contributed by atoms with van der Waals surface area (Å²) >= 11 is 0. The zero-order chi connectivity index (χ0) is 18.1. The molecule has 2 aromatic rings. The Hall–Kier alpha value is -2.63. The Labute approximate surface area is 149 Å². The topological polar surface area (TPSA) is 67.4 Å². The minimum Gasteiger partial charge on any atom is -0.497 e. The summed E-state index contributed by atoms with van der Waals surface area (Å²) in [5.74, 6) is 1.20. The van der Waals surface area contributed by atoms with E-state index in [1.54, 1.807) is 19.4 Å². The maximum atomic E-state index is 12.4. The number of rotatable bonds is 9. The van der Waals surface area contributed by atoms with Crippen molar-refractivity contribution in [3.8, 4) is 5.75 Å². The minimum atomic E-state index is -0.201. The molecule has 6 nitrogen and oxygen atoms in total. The number of nitrogens with one attached hydrogen (secondary N) is 1. The zero-order valence-corrected chi connectivity index (χ0v) is 15.2. The summed E-state index contributed by atoms with van der Waals surface area (Å²) in [7, 11) is 1.63. The normalized spacial score (nSPS) is 10.4. The third-order valence-corrected chi connectivity index (χ3v) is 3.76. The van der Waals surface area contributed by atoms with Gasteiger partial charge in [-0.05, 0) is 36.6 Å². The summed E-state index contributed by atoms with van der Waals surface area (Å²) in [6, 6.07) is 9.24. The number of benzene rings is 1. The molecule has 0 aliphatic rings. The average Bonchev–Trinajstić information content (AvgIpc) is 2.66. The molecule has 2 rings (SSSR count). The van der Waals surface area contributed by atoms with Crippen molar-refractivity contribution in [1.29, 1.82) is 0 Å². The maximum absolute atomic E-state index is 12.4. The third kappa shape index (κ3) is 5.45. The van der Waals surface area contributed by atoms with Gasteiger partial charge >= 0.3 is 0 Å². The van der Waals surface area contributed by atoms with Crippen LogP contribution in [0.1, 0.15) is 42.7 Å². The molecule has 0 fully saturated rings. The number of nitrogens with zero attached hydrogens (tertiary/aromatic N) is 3. The first kappa shape index (κ1) is 18.7. The molecule has 134 valence electrons. The van der Waals surface area contributed by atoms with Crippen molar-refractivity contribution in [3.05, 3.63) is 47.8 Å². The molecule has 0 aliphatic carbocycles. The highest BCUT2D eigenvalue weighted by atomic mass is 16.5. The molecule has 0 saturated carbocycles. The number of hydrogen-bond donors (Lipinski definition) is 1. The molecule has 0 radical (unpaired) electrons. The van der Waals surface area contributed by atoms with Gasteiger partial charge in [-0.15, -0.1) is 0 Å². The SMILES string of the molecule is CCCN(CCC)c1nccc(C(=O)NCc2ccc(OC)cc2)n1. The second kappa shape index (κ2) is 9.61. The Bertz CT molecular complexity index is 667. The second-order valence-electron chi connectivity index (χ2n) is 5.76. The lowest BCUT2D eigenvalue weighted by molar-refractivity contribution is 0.0946. The molecule has 0 saturated heterocycles. The predicted molar refractivity (Wildman–Crippen MR) is 99.0 cm³/mol. The van der Waals surface area contributed by atoms with Gasteiger partial charge in [-0.3, -0.25) is 4.79 Å².